The van der Waals surface area contributed by atoms with E-state index in [0.717, 1.165) is 61.1 Å². The average Bonchev–Trinajstić information content (AvgIpc) is 3.42. The molecular weight excluding hydrogens is 392 g/mol. The van der Waals surface area contributed by atoms with Crippen LogP contribution in [0.2, 0.25) is 0 Å². The maximum absolute atomic E-state index is 13.4. The van der Waals surface area contributed by atoms with E-state index in [0.29, 0.717) is 11.6 Å². The summed E-state index contributed by atoms with van der Waals surface area (Å²) in [4.78, 5) is 17.7. The quantitative estimate of drug-likeness (QED) is 0.589. The van der Waals surface area contributed by atoms with Crippen LogP contribution in [0.15, 0.2) is 23.0 Å². The zero-order valence-electron chi connectivity index (χ0n) is 18.3. The molecular formula is C23H31N6O2+. The van der Waals surface area contributed by atoms with Crippen LogP contribution in [0.1, 0.15) is 73.1 Å². The summed E-state index contributed by atoms with van der Waals surface area (Å²) in [7, 11) is 0. The molecule has 1 saturated carbocycles. The fourth-order valence-corrected chi connectivity index (χ4v) is 5.52. The molecule has 0 radical (unpaired) electrons. The van der Waals surface area contributed by atoms with Crippen molar-refractivity contribution in [3.05, 3.63) is 51.1 Å². The van der Waals surface area contributed by atoms with E-state index in [-0.39, 0.29) is 17.7 Å². The number of likely N-dealkylation sites (tertiary alicyclic amines) is 1. The third-order valence-corrected chi connectivity index (χ3v) is 7.09. The van der Waals surface area contributed by atoms with Crippen LogP contribution < -0.4 is 10.5 Å². The van der Waals surface area contributed by atoms with Crippen molar-refractivity contribution in [3.8, 4) is 0 Å². The summed E-state index contributed by atoms with van der Waals surface area (Å²) >= 11 is 0. The maximum Gasteiger partial charge on any atom is 0.258 e. The summed E-state index contributed by atoms with van der Waals surface area (Å²) in [5, 5.41) is 23.9. The van der Waals surface area contributed by atoms with Crippen molar-refractivity contribution < 1.29 is 10.0 Å². The normalized spacial score (nSPS) is 23.5. The molecule has 1 aromatic carbocycles. The number of aliphatic hydroxyl groups is 1. The SMILES string of the molecule is Cc1cc(C)c2[nH]c(=O)c([C@@H](c3nnnn3C3CCCC3)[NH+]3CCC(O)CC3)cc2c1. The zero-order chi connectivity index (χ0) is 21.5. The predicted molar refractivity (Wildman–Crippen MR) is 117 cm³/mol. The molecule has 164 valence electrons. The van der Waals surface area contributed by atoms with E-state index in [1.54, 1.807) is 0 Å². The monoisotopic (exact) mass is 423 g/mol. The second-order valence-electron chi connectivity index (χ2n) is 9.34. The van der Waals surface area contributed by atoms with Crippen LogP contribution in [-0.4, -0.2) is 49.5 Å². The van der Waals surface area contributed by atoms with Crippen molar-refractivity contribution in [2.75, 3.05) is 13.1 Å². The number of hydrogen-bond acceptors (Lipinski definition) is 5. The van der Waals surface area contributed by atoms with Crippen molar-refractivity contribution >= 4 is 10.9 Å². The Bertz CT molecular complexity index is 1140. The molecule has 2 aliphatic rings. The molecule has 3 aromatic rings. The fraction of sp³-hybridized carbons (Fsp3) is 0.565. The highest BCUT2D eigenvalue weighted by atomic mass is 16.3. The van der Waals surface area contributed by atoms with Crippen LogP contribution in [-0.2, 0) is 0 Å². The number of tetrazole rings is 1. The lowest BCUT2D eigenvalue weighted by molar-refractivity contribution is -0.932. The third-order valence-electron chi connectivity index (χ3n) is 7.09. The van der Waals surface area contributed by atoms with Crippen molar-refractivity contribution in [2.24, 2.45) is 0 Å². The number of aryl methyl sites for hydroxylation is 2. The Morgan fingerprint density at radius 3 is 2.61 bits per heavy atom. The first-order valence-corrected chi connectivity index (χ1v) is 11.5. The summed E-state index contributed by atoms with van der Waals surface area (Å²) in [5.74, 6) is 0.771. The average molecular weight is 424 g/mol. The number of aliphatic hydroxyl groups excluding tert-OH is 1. The highest BCUT2D eigenvalue weighted by Gasteiger charge is 2.38. The number of hydrogen-bond donors (Lipinski definition) is 3. The first-order chi connectivity index (χ1) is 15.0. The Morgan fingerprint density at radius 2 is 1.87 bits per heavy atom. The Balaban J connectivity index is 1.66. The molecule has 0 unspecified atom stereocenters. The lowest BCUT2D eigenvalue weighted by atomic mass is 9.98. The Morgan fingerprint density at radius 1 is 1.13 bits per heavy atom. The van der Waals surface area contributed by atoms with Crippen LogP contribution in [0.3, 0.4) is 0 Å². The number of quaternary nitrogens is 1. The molecule has 1 aliphatic carbocycles. The van der Waals surface area contributed by atoms with Crippen LogP contribution in [0.25, 0.3) is 10.9 Å². The van der Waals surface area contributed by atoms with Gasteiger partial charge in [0, 0.05) is 12.8 Å². The van der Waals surface area contributed by atoms with Crippen molar-refractivity contribution in [2.45, 2.75) is 70.6 Å². The van der Waals surface area contributed by atoms with E-state index in [2.05, 4.69) is 39.6 Å². The second kappa shape index (κ2) is 8.16. The van der Waals surface area contributed by atoms with Gasteiger partial charge in [-0.1, -0.05) is 24.5 Å². The minimum Gasteiger partial charge on any atom is -0.393 e. The van der Waals surface area contributed by atoms with Gasteiger partial charge in [0.1, 0.15) is 0 Å². The summed E-state index contributed by atoms with van der Waals surface area (Å²) in [5.41, 5.74) is 3.75. The Hall–Kier alpha value is -2.58. The van der Waals surface area contributed by atoms with Gasteiger partial charge in [-0.3, -0.25) is 4.79 Å². The molecule has 2 aromatic heterocycles. The van der Waals surface area contributed by atoms with E-state index in [9.17, 15) is 9.90 Å². The number of pyridine rings is 1. The predicted octanol–water partition coefficient (Wildman–Crippen LogP) is 1.38. The van der Waals surface area contributed by atoms with Crippen molar-refractivity contribution in [3.63, 3.8) is 0 Å². The lowest BCUT2D eigenvalue weighted by Crippen LogP contribution is -3.14. The lowest BCUT2D eigenvalue weighted by Gasteiger charge is -2.33. The molecule has 3 N–H and O–H groups in total. The molecule has 2 fully saturated rings. The number of nitrogens with zero attached hydrogens (tertiary/aromatic N) is 4. The van der Waals surface area contributed by atoms with Gasteiger partial charge in [0.25, 0.3) is 5.56 Å². The molecule has 1 saturated heterocycles. The Labute approximate surface area is 181 Å². The number of rotatable bonds is 4. The van der Waals surface area contributed by atoms with Gasteiger partial charge in [-0.25, -0.2) is 4.68 Å². The topological polar surface area (TPSA) is 101 Å². The fourth-order valence-electron chi connectivity index (χ4n) is 5.52. The largest absolute Gasteiger partial charge is 0.393 e. The number of aromatic amines is 1. The number of benzene rings is 1. The van der Waals surface area contributed by atoms with Crippen LogP contribution in [0.5, 0.6) is 0 Å². The summed E-state index contributed by atoms with van der Waals surface area (Å²) in [6, 6.07) is 6.29. The van der Waals surface area contributed by atoms with Gasteiger partial charge in [0.05, 0.1) is 36.3 Å². The zero-order valence-corrected chi connectivity index (χ0v) is 18.3. The molecule has 5 rings (SSSR count). The first kappa shape index (κ1) is 20.3. The third kappa shape index (κ3) is 3.78. The molecule has 1 atom stereocenters. The molecule has 31 heavy (non-hydrogen) atoms. The van der Waals surface area contributed by atoms with Gasteiger partial charge < -0.3 is 15.0 Å². The Kier molecular flexibility index (Phi) is 5.35. The molecule has 0 spiro atoms. The number of aromatic nitrogens is 5. The minimum atomic E-state index is -0.268. The first-order valence-electron chi connectivity index (χ1n) is 11.5. The second-order valence-corrected chi connectivity index (χ2v) is 9.34. The summed E-state index contributed by atoms with van der Waals surface area (Å²) in [6.07, 6.45) is 5.70. The molecule has 8 heteroatoms. The maximum atomic E-state index is 13.4. The minimum absolute atomic E-state index is 0.0796. The van der Waals surface area contributed by atoms with E-state index >= 15 is 0 Å². The van der Waals surface area contributed by atoms with Gasteiger partial charge in [0.2, 0.25) is 5.82 Å². The molecule has 0 bridgehead atoms. The smallest absolute Gasteiger partial charge is 0.258 e. The van der Waals surface area contributed by atoms with E-state index in [1.165, 1.54) is 23.3 Å². The van der Waals surface area contributed by atoms with Gasteiger partial charge in [-0.2, -0.15) is 0 Å². The number of H-pyrrole nitrogens is 1. The van der Waals surface area contributed by atoms with E-state index in [4.69, 9.17) is 0 Å². The highest BCUT2D eigenvalue weighted by Crippen LogP contribution is 2.31. The van der Waals surface area contributed by atoms with Gasteiger partial charge in [-0.15, -0.1) is 5.10 Å². The van der Waals surface area contributed by atoms with Crippen LogP contribution in [0, 0.1) is 13.8 Å². The van der Waals surface area contributed by atoms with Gasteiger partial charge in [-0.05, 0) is 60.2 Å². The summed E-state index contributed by atoms with van der Waals surface area (Å²) < 4.78 is 1.97. The highest BCUT2D eigenvalue weighted by molar-refractivity contribution is 5.83. The number of piperidine rings is 1. The van der Waals surface area contributed by atoms with Gasteiger partial charge in [0.15, 0.2) is 6.04 Å². The molecule has 0 amide bonds. The summed E-state index contributed by atoms with van der Waals surface area (Å²) in [6.45, 7) is 5.67. The standard InChI is InChI=1S/C23H30N6O2/c1-14-11-15(2)20-16(12-14)13-19(23(31)24-20)21(28-9-7-18(30)8-10-28)22-25-26-27-29(22)17-5-3-4-6-17/h11-13,17-18,21,30H,3-10H2,1-2H3,(H,24,31)/p+1/t21-/m0/s1. The van der Waals surface area contributed by atoms with E-state index in [1.807, 2.05) is 17.7 Å². The molecule has 3 heterocycles. The number of nitrogens with one attached hydrogen (secondary N) is 2. The van der Waals surface area contributed by atoms with Crippen LogP contribution in [0.4, 0.5) is 0 Å². The number of fused-ring (bicyclic) bond motifs is 1. The van der Waals surface area contributed by atoms with Crippen LogP contribution >= 0.6 is 0 Å². The van der Waals surface area contributed by atoms with Gasteiger partial charge >= 0.3 is 0 Å². The molecule has 1 aliphatic heterocycles. The van der Waals surface area contributed by atoms with Crippen molar-refractivity contribution in [1.82, 2.24) is 25.2 Å². The van der Waals surface area contributed by atoms with Crippen molar-refractivity contribution in [1.29, 1.82) is 0 Å². The molecule has 8 nitrogen and oxygen atoms in total. The van der Waals surface area contributed by atoms with E-state index < -0.39 is 0 Å².